The maximum absolute atomic E-state index is 12.8. The van der Waals surface area contributed by atoms with Gasteiger partial charge in [0.05, 0.1) is 5.75 Å². The maximum atomic E-state index is 12.8. The van der Waals surface area contributed by atoms with E-state index in [2.05, 4.69) is 31.4 Å². The lowest BCUT2D eigenvalue weighted by Crippen LogP contribution is -2.29. The standard InChI is InChI=1S/C29H33N3O4S/c1-29(2,3)24-15-13-23(14-16-24)28(34)31-26-8-6-7-25(19-26)30-27(33)22-11-9-21(10-12-22)20-37(35,36)32-17-4-5-18-32/h6-16,19H,4-5,17-18,20H2,1-3H3,(H,30,33)(H,31,34). The summed E-state index contributed by atoms with van der Waals surface area (Å²) in [5.41, 5.74) is 3.85. The Hall–Kier alpha value is -3.49. The number of carbonyl (C=O) groups excluding carboxylic acids is 2. The zero-order valence-corrected chi connectivity index (χ0v) is 22.3. The number of hydrogen-bond acceptors (Lipinski definition) is 4. The Balaban J connectivity index is 1.37. The first-order valence-corrected chi connectivity index (χ1v) is 14.0. The number of benzene rings is 3. The highest BCUT2D eigenvalue weighted by molar-refractivity contribution is 7.88. The fraction of sp³-hybridized carbons (Fsp3) is 0.310. The fourth-order valence-corrected chi connectivity index (χ4v) is 5.83. The average molecular weight is 520 g/mol. The van der Waals surface area contributed by atoms with Crippen molar-refractivity contribution in [2.75, 3.05) is 23.7 Å². The molecule has 3 aromatic carbocycles. The summed E-state index contributed by atoms with van der Waals surface area (Å²) in [6, 6.07) is 21.1. The number of hydrogen-bond donors (Lipinski definition) is 2. The third kappa shape index (κ3) is 6.84. The molecule has 0 radical (unpaired) electrons. The van der Waals surface area contributed by atoms with Crippen LogP contribution in [0.3, 0.4) is 0 Å². The Bertz CT molecular complexity index is 1370. The molecule has 1 saturated heterocycles. The molecular weight excluding hydrogens is 486 g/mol. The molecule has 3 aromatic rings. The summed E-state index contributed by atoms with van der Waals surface area (Å²) in [6.07, 6.45) is 1.79. The highest BCUT2D eigenvalue weighted by Crippen LogP contribution is 2.23. The summed E-state index contributed by atoms with van der Waals surface area (Å²) in [4.78, 5) is 25.5. The van der Waals surface area contributed by atoms with Gasteiger partial charge in [0.2, 0.25) is 10.0 Å². The van der Waals surface area contributed by atoms with Gasteiger partial charge in [-0.25, -0.2) is 12.7 Å². The van der Waals surface area contributed by atoms with Crippen LogP contribution in [0.5, 0.6) is 0 Å². The second kappa shape index (κ2) is 10.9. The van der Waals surface area contributed by atoms with Gasteiger partial charge < -0.3 is 10.6 Å². The van der Waals surface area contributed by atoms with E-state index >= 15 is 0 Å². The van der Waals surface area contributed by atoms with Crippen LogP contribution in [0.25, 0.3) is 0 Å². The highest BCUT2D eigenvalue weighted by atomic mass is 32.2. The van der Waals surface area contributed by atoms with Gasteiger partial charge in [-0.3, -0.25) is 9.59 Å². The van der Waals surface area contributed by atoms with Crippen molar-refractivity contribution in [3.05, 3.63) is 95.1 Å². The van der Waals surface area contributed by atoms with E-state index < -0.39 is 10.0 Å². The number of nitrogens with one attached hydrogen (secondary N) is 2. The van der Waals surface area contributed by atoms with Crippen molar-refractivity contribution in [2.45, 2.75) is 44.8 Å². The molecule has 2 N–H and O–H groups in total. The minimum absolute atomic E-state index is 0.00711. The van der Waals surface area contributed by atoms with Crippen molar-refractivity contribution < 1.29 is 18.0 Å². The molecular formula is C29H33N3O4S. The lowest BCUT2D eigenvalue weighted by Gasteiger charge is -2.19. The molecule has 2 amide bonds. The fourth-order valence-electron chi connectivity index (χ4n) is 4.22. The molecule has 7 nitrogen and oxygen atoms in total. The summed E-state index contributed by atoms with van der Waals surface area (Å²) in [5, 5.41) is 5.70. The van der Waals surface area contributed by atoms with E-state index in [0.717, 1.165) is 18.4 Å². The van der Waals surface area contributed by atoms with E-state index in [4.69, 9.17) is 0 Å². The van der Waals surface area contributed by atoms with Gasteiger partial charge in [0, 0.05) is 35.6 Å². The summed E-state index contributed by atoms with van der Waals surface area (Å²) in [7, 11) is -3.34. The summed E-state index contributed by atoms with van der Waals surface area (Å²) in [5.74, 6) is -0.631. The van der Waals surface area contributed by atoms with Crippen molar-refractivity contribution >= 4 is 33.2 Å². The summed E-state index contributed by atoms with van der Waals surface area (Å²) < 4.78 is 26.6. The normalized spacial score (nSPS) is 14.4. The minimum atomic E-state index is -3.34. The van der Waals surface area contributed by atoms with Crippen LogP contribution in [0.2, 0.25) is 0 Å². The van der Waals surface area contributed by atoms with Crippen molar-refractivity contribution in [1.82, 2.24) is 4.31 Å². The predicted molar refractivity (Wildman–Crippen MR) is 147 cm³/mol. The molecule has 1 aliphatic rings. The van der Waals surface area contributed by atoms with E-state index in [0.29, 0.717) is 41.2 Å². The first kappa shape index (κ1) is 26.6. The Morgan fingerprint density at radius 2 is 1.27 bits per heavy atom. The molecule has 0 bridgehead atoms. The molecule has 1 aliphatic heterocycles. The largest absolute Gasteiger partial charge is 0.322 e. The number of rotatable bonds is 7. The Morgan fingerprint density at radius 1 is 0.784 bits per heavy atom. The smallest absolute Gasteiger partial charge is 0.255 e. The minimum Gasteiger partial charge on any atom is -0.322 e. The first-order valence-electron chi connectivity index (χ1n) is 12.4. The van der Waals surface area contributed by atoms with Crippen LogP contribution in [0, 0.1) is 0 Å². The molecule has 0 atom stereocenters. The van der Waals surface area contributed by atoms with Crippen LogP contribution >= 0.6 is 0 Å². The molecule has 8 heteroatoms. The van der Waals surface area contributed by atoms with Crippen LogP contribution in [0.4, 0.5) is 11.4 Å². The second-order valence-electron chi connectivity index (χ2n) is 10.4. The quantitative estimate of drug-likeness (QED) is 0.436. The molecule has 4 rings (SSSR count). The number of carbonyl (C=O) groups is 2. The van der Waals surface area contributed by atoms with Gasteiger partial charge >= 0.3 is 0 Å². The van der Waals surface area contributed by atoms with Crippen LogP contribution in [0.15, 0.2) is 72.8 Å². The van der Waals surface area contributed by atoms with Crippen molar-refractivity contribution in [1.29, 1.82) is 0 Å². The Labute approximate surface area is 218 Å². The van der Waals surface area contributed by atoms with Gasteiger partial charge in [-0.15, -0.1) is 0 Å². The molecule has 1 heterocycles. The Morgan fingerprint density at radius 3 is 1.76 bits per heavy atom. The van der Waals surface area contributed by atoms with Gasteiger partial charge in [-0.05, 0) is 71.8 Å². The van der Waals surface area contributed by atoms with E-state index in [9.17, 15) is 18.0 Å². The van der Waals surface area contributed by atoms with Crippen LogP contribution in [0.1, 0.15) is 65.5 Å². The zero-order chi connectivity index (χ0) is 26.6. The molecule has 0 aromatic heterocycles. The van der Waals surface area contributed by atoms with E-state index in [1.807, 2.05) is 24.3 Å². The zero-order valence-electron chi connectivity index (χ0n) is 21.5. The molecule has 0 spiro atoms. The molecule has 1 fully saturated rings. The number of anilines is 2. The van der Waals surface area contributed by atoms with Crippen molar-refractivity contribution in [3.63, 3.8) is 0 Å². The van der Waals surface area contributed by atoms with E-state index in [-0.39, 0.29) is 23.0 Å². The van der Waals surface area contributed by atoms with Gasteiger partial charge in [-0.1, -0.05) is 51.1 Å². The predicted octanol–water partition coefficient (Wildman–Crippen LogP) is 5.41. The van der Waals surface area contributed by atoms with Crippen LogP contribution in [-0.2, 0) is 21.2 Å². The molecule has 0 saturated carbocycles. The van der Waals surface area contributed by atoms with E-state index in [1.54, 1.807) is 48.5 Å². The van der Waals surface area contributed by atoms with Crippen molar-refractivity contribution in [3.8, 4) is 0 Å². The molecule has 0 unspecified atom stereocenters. The lowest BCUT2D eigenvalue weighted by molar-refractivity contribution is 0.101. The van der Waals surface area contributed by atoms with Gasteiger partial charge in [0.25, 0.3) is 11.8 Å². The van der Waals surface area contributed by atoms with Gasteiger partial charge in [0.1, 0.15) is 0 Å². The first-order chi connectivity index (χ1) is 17.5. The molecule has 37 heavy (non-hydrogen) atoms. The maximum Gasteiger partial charge on any atom is 0.255 e. The van der Waals surface area contributed by atoms with Crippen LogP contribution < -0.4 is 10.6 Å². The van der Waals surface area contributed by atoms with Crippen molar-refractivity contribution in [2.24, 2.45) is 0 Å². The third-order valence-corrected chi connectivity index (χ3v) is 8.27. The number of sulfonamides is 1. The Kier molecular flexibility index (Phi) is 7.80. The van der Waals surface area contributed by atoms with Gasteiger partial charge in [-0.2, -0.15) is 0 Å². The monoisotopic (exact) mass is 519 g/mol. The highest BCUT2D eigenvalue weighted by Gasteiger charge is 2.25. The summed E-state index contributed by atoms with van der Waals surface area (Å²) >= 11 is 0. The topological polar surface area (TPSA) is 95.6 Å². The summed E-state index contributed by atoms with van der Waals surface area (Å²) in [6.45, 7) is 7.51. The molecule has 0 aliphatic carbocycles. The van der Waals surface area contributed by atoms with Crippen LogP contribution in [-0.4, -0.2) is 37.6 Å². The number of nitrogens with zero attached hydrogens (tertiary/aromatic N) is 1. The van der Waals surface area contributed by atoms with E-state index in [1.165, 1.54) is 4.31 Å². The number of amides is 2. The van der Waals surface area contributed by atoms with Gasteiger partial charge in [0.15, 0.2) is 0 Å². The average Bonchev–Trinajstić information content (AvgIpc) is 3.40. The second-order valence-corrected chi connectivity index (χ2v) is 12.3. The lowest BCUT2D eigenvalue weighted by atomic mass is 9.87. The third-order valence-electron chi connectivity index (χ3n) is 6.42. The SMILES string of the molecule is CC(C)(C)c1ccc(C(=O)Nc2cccc(NC(=O)c3ccc(CS(=O)(=O)N4CCCC4)cc3)c2)cc1. The molecule has 194 valence electrons.